The van der Waals surface area contributed by atoms with Crippen LogP contribution in [0.3, 0.4) is 0 Å². The number of carbonyl (C=O) groups excluding carboxylic acids is 2. The molecule has 2 aromatic heterocycles. The molecule has 31 heavy (non-hydrogen) atoms. The Kier molecular flexibility index (Phi) is 5.57. The molecule has 2 heterocycles. The number of esters is 1. The monoisotopic (exact) mass is 417 g/mol. The first-order valence-corrected chi connectivity index (χ1v) is 9.50. The quantitative estimate of drug-likeness (QED) is 0.479. The number of anilines is 1. The van der Waals surface area contributed by atoms with Gasteiger partial charge in [0.25, 0.3) is 5.91 Å². The van der Waals surface area contributed by atoms with Crippen LogP contribution < -0.4 is 5.32 Å². The van der Waals surface area contributed by atoms with E-state index in [2.05, 4.69) is 20.7 Å². The number of benzene rings is 2. The summed E-state index contributed by atoms with van der Waals surface area (Å²) in [5.74, 6) is -1.15. The molecule has 0 aliphatic rings. The Balaban J connectivity index is 1.35. The second kappa shape index (κ2) is 8.62. The third kappa shape index (κ3) is 4.67. The topological polar surface area (TPSA) is 112 Å². The normalized spacial score (nSPS) is 10.6. The lowest BCUT2D eigenvalue weighted by atomic mass is 10.1. The first-order chi connectivity index (χ1) is 15.0. The van der Waals surface area contributed by atoms with Gasteiger partial charge in [0, 0.05) is 11.6 Å². The molecule has 0 spiro atoms. The first-order valence-electron chi connectivity index (χ1n) is 9.50. The number of nitrogens with one attached hydrogen (secondary N) is 1. The second-order valence-electron chi connectivity index (χ2n) is 6.83. The molecule has 0 saturated carbocycles. The second-order valence-corrected chi connectivity index (χ2v) is 6.83. The Morgan fingerprint density at radius 2 is 1.77 bits per heavy atom. The van der Waals surface area contributed by atoms with Crippen molar-refractivity contribution in [1.29, 1.82) is 0 Å². The highest BCUT2D eigenvalue weighted by atomic mass is 16.5. The van der Waals surface area contributed by atoms with E-state index in [-0.39, 0.29) is 11.6 Å². The Labute approximate surface area is 177 Å². The molecule has 1 N–H and O–H groups in total. The van der Waals surface area contributed by atoms with Gasteiger partial charge in [0.1, 0.15) is 5.69 Å². The molecule has 9 heteroatoms. The fourth-order valence-electron chi connectivity index (χ4n) is 2.81. The number of hydrogen-bond acceptors (Lipinski definition) is 7. The zero-order chi connectivity index (χ0) is 21.8. The average Bonchev–Trinajstić information content (AvgIpc) is 3.40. The highest BCUT2D eigenvalue weighted by Crippen LogP contribution is 2.22. The number of nitrogens with zero attached hydrogens (tertiary/aromatic N) is 4. The van der Waals surface area contributed by atoms with Crippen molar-refractivity contribution in [3.05, 3.63) is 77.6 Å². The van der Waals surface area contributed by atoms with E-state index in [1.54, 1.807) is 13.0 Å². The van der Waals surface area contributed by atoms with Gasteiger partial charge in [0.15, 0.2) is 12.3 Å². The standard InChI is InChI=1S/C22H19N5O4/c1-14-8-10-16(11-9-14)18-12-20(31-26-18)23-19(28)13-30-22(29)21-15(2)24-27(25-21)17-6-4-3-5-7-17/h3-12H,13H2,1-2H3,(H,23,28). The predicted octanol–water partition coefficient (Wildman–Crippen LogP) is 3.33. The summed E-state index contributed by atoms with van der Waals surface area (Å²) in [5.41, 5.74) is 3.71. The number of ether oxygens (including phenoxy) is 1. The Bertz CT molecular complexity index is 1210. The number of aryl methyl sites for hydroxylation is 2. The number of rotatable bonds is 6. The molecule has 0 aliphatic carbocycles. The maximum atomic E-state index is 12.3. The number of aromatic nitrogens is 4. The Morgan fingerprint density at radius 3 is 2.52 bits per heavy atom. The highest BCUT2D eigenvalue weighted by molar-refractivity contribution is 5.94. The van der Waals surface area contributed by atoms with Crippen molar-refractivity contribution in [2.45, 2.75) is 13.8 Å². The van der Waals surface area contributed by atoms with Gasteiger partial charge in [-0.2, -0.15) is 9.90 Å². The van der Waals surface area contributed by atoms with Gasteiger partial charge < -0.3 is 9.26 Å². The molecular formula is C22H19N5O4. The van der Waals surface area contributed by atoms with E-state index >= 15 is 0 Å². The van der Waals surface area contributed by atoms with Crippen LogP contribution >= 0.6 is 0 Å². The number of carbonyl (C=O) groups is 2. The summed E-state index contributed by atoms with van der Waals surface area (Å²) in [6, 6.07) is 18.5. The maximum Gasteiger partial charge on any atom is 0.361 e. The molecule has 0 unspecified atom stereocenters. The summed E-state index contributed by atoms with van der Waals surface area (Å²) in [6.07, 6.45) is 0. The lowest BCUT2D eigenvalue weighted by Crippen LogP contribution is -2.21. The van der Waals surface area contributed by atoms with Gasteiger partial charge in [-0.15, -0.1) is 5.10 Å². The first kappa shape index (κ1) is 20.0. The Morgan fingerprint density at radius 1 is 1.03 bits per heavy atom. The zero-order valence-corrected chi connectivity index (χ0v) is 16.9. The summed E-state index contributed by atoms with van der Waals surface area (Å²) in [4.78, 5) is 25.8. The van der Waals surface area contributed by atoms with E-state index < -0.39 is 18.5 Å². The van der Waals surface area contributed by atoms with Gasteiger partial charge in [-0.25, -0.2) is 4.79 Å². The van der Waals surface area contributed by atoms with E-state index in [9.17, 15) is 9.59 Å². The van der Waals surface area contributed by atoms with Crippen molar-refractivity contribution in [2.24, 2.45) is 0 Å². The minimum absolute atomic E-state index is 0.0398. The SMILES string of the molecule is Cc1ccc(-c2cc(NC(=O)COC(=O)c3nn(-c4ccccc4)nc3C)on2)cc1. The molecule has 0 fully saturated rings. The summed E-state index contributed by atoms with van der Waals surface area (Å²) < 4.78 is 10.2. The van der Waals surface area contributed by atoms with Crippen LogP contribution in [0.5, 0.6) is 0 Å². The molecule has 0 saturated heterocycles. The van der Waals surface area contributed by atoms with Crippen LogP contribution in [-0.2, 0) is 9.53 Å². The smallest absolute Gasteiger partial charge is 0.361 e. The molecule has 1 amide bonds. The largest absolute Gasteiger partial charge is 0.451 e. The number of para-hydroxylation sites is 1. The molecule has 0 atom stereocenters. The molecule has 4 rings (SSSR count). The van der Waals surface area contributed by atoms with E-state index in [1.165, 1.54) is 4.80 Å². The van der Waals surface area contributed by atoms with Crippen molar-refractivity contribution in [3.63, 3.8) is 0 Å². The summed E-state index contributed by atoms with van der Waals surface area (Å²) >= 11 is 0. The van der Waals surface area contributed by atoms with Crippen molar-refractivity contribution in [2.75, 3.05) is 11.9 Å². The molecule has 156 valence electrons. The van der Waals surface area contributed by atoms with Crippen LogP contribution in [-0.4, -0.2) is 38.6 Å². The van der Waals surface area contributed by atoms with Crippen LogP contribution in [0.4, 0.5) is 5.88 Å². The fourth-order valence-corrected chi connectivity index (χ4v) is 2.81. The summed E-state index contributed by atoms with van der Waals surface area (Å²) in [6.45, 7) is 3.13. The van der Waals surface area contributed by atoms with Gasteiger partial charge >= 0.3 is 5.97 Å². The van der Waals surface area contributed by atoms with E-state index in [0.717, 1.165) is 11.1 Å². The highest BCUT2D eigenvalue weighted by Gasteiger charge is 2.19. The molecule has 0 radical (unpaired) electrons. The minimum atomic E-state index is -0.743. The van der Waals surface area contributed by atoms with E-state index in [1.807, 2.05) is 61.5 Å². The van der Waals surface area contributed by atoms with Gasteiger partial charge in [-0.05, 0) is 26.0 Å². The van der Waals surface area contributed by atoms with Crippen LogP contribution in [0.25, 0.3) is 16.9 Å². The fraction of sp³-hybridized carbons (Fsp3) is 0.136. The van der Waals surface area contributed by atoms with Crippen LogP contribution in [0.2, 0.25) is 0 Å². The average molecular weight is 417 g/mol. The molecule has 9 nitrogen and oxygen atoms in total. The molecular weight excluding hydrogens is 398 g/mol. The molecule has 2 aromatic carbocycles. The summed E-state index contributed by atoms with van der Waals surface area (Å²) in [5, 5.41) is 14.8. The lowest BCUT2D eigenvalue weighted by molar-refractivity contribution is -0.119. The molecule has 4 aromatic rings. The summed E-state index contributed by atoms with van der Waals surface area (Å²) in [7, 11) is 0. The molecule has 0 aliphatic heterocycles. The van der Waals surface area contributed by atoms with Crippen molar-refractivity contribution < 1.29 is 18.8 Å². The van der Waals surface area contributed by atoms with Crippen LogP contribution in [0, 0.1) is 13.8 Å². The van der Waals surface area contributed by atoms with E-state index in [0.29, 0.717) is 17.1 Å². The predicted molar refractivity (Wildman–Crippen MR) is 112 cm³/mol. The lowest BCUT2D eigenvalue weighted by Gasteiger charge is -2.02. The van der Waals surface area contributed by atoms with Gasteiger partial charge in [0.2, 0.25) is 5.88 Å². The van der Waals surface area contributed by atoms with Crippen LogP contribution in [0.1, 0.15) is 21.7 Å². The number of amides is 1. The van der Waals surface area contributed by atoms with Crippen molar-refractivity contribution in [3.8, 4) is 16.9 Å². The van der Waals surface area contributed by atoms with E-state index in [4.69, 9.17) is 9.26 Å². The third-order valence-electron chi connectivity index (χ3n) is 4.42. The molecule has 0 bridgehead atoms. The minimum Gasteiger partial charge on any atom is -0.451 e. The number of hydrogen-bond donors (Lipinski definition) is 1. The maximum absolute atomic E-state index is 12.3. The zero-order valence-electron chi connectivity index (χ0n) is 16.9. The van der Waals surface area contributed by atoms with Crippen LogP contribution in [0.15, 0.2) is 65.2 Å². The van der Waals surface area contributed by atoms with Gasteiger partial charge in [0.05, 0.1) is 11.4 Å². The third-order valence-corrected chi connectivity index (χ3v) is 4.42. The van der Waals surface area contributed by atoms with Crippen molar-refractivity contribution in [1.82, 2.24) is 20.2 Å². The van der Waals surface area contributed by atoms with Gasteiger partial charge in [-0.3, -0.25) is 10.1 Å². The van der Waals surface area contributed by atoms with Gasteiger partial charge in [-0.1, -0.05) is 53.2 Å². The van der Waals surface area contributed by atoms with Crippen molar-refractivity contribution >= 4 is 17.8 Å². The Hall–Kier alpha value is -4.27.